The molecule has 4 nitrogen and oxygen atoms in total. The summed E-state index contributed by atoms with van der Waals surface area (Å²) in [5.74, 6) is -0.905. The van der Waals surface area contributed by atoms with E-state index in [9.17, 15) is 14.0 Å². The zero-order valence-corrected chi connectivity index (χ0v) is 18.1. The molecule has 0 unspecified atom stereocenters. The summed E-state index contributed by atoms with van der Waals surface area (Å²) < 4.78 is 14.0. The average Bonchev–Trinajstić information content (AvgIpc) is 2.78. The Bertz CT molecular complexity index is 1210. The Balaban J connectivity index is 1.55. The van der Waals surface area contributed by atoms with Crippen LogP contribution in [-0.2, 0) is 11.3 Å². The number of nitrogens with zero attached hydrogens (tertiary/aromatic N) is 1. The summed E-state index contributed by atoms with van der Waals surface area (Å²) in [7, 11) is 1.64. The van der Waals surface area contributed by atoms with Crippen LogP contribution in [0.2, 0.25) is 5.02 Å². The molecule has 0 saturated carbocycles. The van der Waals surface area contributed by atoms with Crippen molar-refractivity contribution in [3.05, 3.63) is 99.2 Å². The van der Waals surface area contributed by atoms with Gasteiger partial charge in [0.25, 0.3) is 11.8 Å². The summed E-state index contributed by atoms with van der Waals surface area (Å²) in [5.41, 5.74) is 2.24. The maximum atomic E-state index is 14.0. The van der Waals surface area contributed by atoms with Crippen LogP contribution < -0.4 is 10.2 Å². The molecule has 4 rings (SSSR count). The lowest BCUT2D eigenvalue weighted by molar-refractivity contribution is -0.114. The molecular weight excluding hydrogens is 435 g/mol. The van der Waals surface area contributed by atoms with Gasteiger partial charge in [0, 0.05) is 34.6 Å². The summed E-state index contributed by atoms with van der Waals surface area (Å²) in [6, 6.07) is 18.8. The fourth-order valence-electron chi connectivity index (χ4n) is 3.19. The van der Waals surface area contributed by atoms with Gasteiger partial charge in [0.05, 0.1) is 10.6 Å². The minimum Gasteiger partial charge on any atom is -0.348 e. The van der Waals surface area contributed by atoms with Crippen LogP contribution in [-0.4, -0.2) is 18.9 Å². The van der Waals surface area contributed by atoms with Gasteiger partial charge in [0.1, 0.15) is 5.82 Å². The third kappa shape index (κ3) is 4.50. The molecule has 3 aromatic rings. The van der Waals surface area contributed by atoms with Crippen molar-refractivity contribution in [2.75, 3.05) is 11.9 Å². The number of benzene rings is 3. The number of fused-ring (bicyclic) bond motifs is 1. The summed E-state index contributed by atoms with van der Waals surface area (Å²) in [6.07, 6.45) is 1.55. The first-order valence-electron chi connectivity index (χ1n) is 9.52. The average molecular weight is 453 g/mol. The molecule has 156 valence electrons. The molecule has 1 heterocycles. The Morgan fingerprint density at radius 3 is 2.65 bits per heavy atom. The quantitative estimate of drug-likeness (QED) is 0.530. The van der Waals surface area contributed by atoms with Crippen LogP contribution >= 0.6 is 23.4 Å². The number of amides is 2. The number of thioether (sulfide) groups is 1. The van der Waals surface area contributed by atoms with E-state index in [1.54, 1.807) is 55.6 Å². The van der Waals surface area contributed by atoms with Crippen LogP contribution in [0.4, 0.5) is 10.1 Å². The van der Waals surface area contributed by atoms with Crippen LogP contribution in [0, 0.1) is 5.82 Å². The number of nitrogens with one attached hydrogen (secondary N) is 1. The highest BCUT2D eigenvalue weighted by atomic mass is 35.5. The smallest absolute Gasteiger partial charge is 0.264 e. The van der Waals surface area contributed by atoms with Crippen molar-refractivity contribution >= 4 is 46.9 Å². The van der Waals surface area contributed by atoms with E-state index in [1.165, 1.54) is 22.7 Å². The third-order valence-electron chi connectivity index (χ3n) is 4.91. The Kier molecular flexibility index (Phi) is 6.11. The fraction of sp³-hybridized carbons (Fsp3) is 0.0833. The summed E-state index contributed by atoms with van der Waals surface area (Å²) >= 11 is 7.40. The molecule has 31 heavy (non-hydrogen) atoms. The molecule has 0 atom stereocenters. The molecule has 0 spiro atoms. The number of rotatable bonds is 4. The minimum atomic E-state index is -0.387. The second-order valence-electron chi connectivity index (χ2n) is 6.95. The molecule has 7 heteroatoms. The normalized spacial score (nSPS) is 14.5. The number of carbonyl (C=O) groups is 2. The lowest BCUT2D eigenvalue weighted by atomic mass is 10.1. The van der Waals surface area contributed by atoms with E-state index in [2.05, 4.69) is 5.32 Å². The second-order valence-corrected chi connectivity index (χ2v) is 8.44. The molecule has 1 N–H and O–H groups in total. The number of halogens is 2. The van der Waals surface area contributed by atoms with E-state index in [0.717, 1.165) is 10.5 Å². The zero-order valence-electron chi connectivity index (χ0n) is 16.6. The van der Waals surface area contributed by atoms with Crippen LogP contribution in [0.3, 0.4) is 0 Å². The Labute approximate surface area is 188 Å². The first-order valence-corrected chi connectivity index (χ1v) is 10.7. The monoisotopic (exact) mass is 452 g/mol. The van der Waals surface area contributed by atoms with Crippen molar-refractivity contribution < 1.29 is 14.0 Å². The number of hydrogen-bond donors (Lipinski definition) is 1. The largest absolute Gasteiger partial charge is 0.348 e. The van der Waals surface area contributed by atoms with E-state index in [4.69, 9.17) is 11.6 Å². The molecule has 3 aromatic carbocycles. The molecule has 0 aromatic heterocycles. The van der Waals surface area contributed by atoms with Gasteiger partial charge in [-0.05, 0) is 42.0 Å². The van der Waals surface area contributed by atoms with Crippen molar-refractivity contribution in [1.82, 2.24) is 5.32 Å². The Morgan fingerprint density at radius 1 is 1.13 bits per heavy atom. The molecule has 0 fully saturated rings. The minimum absolute atomic E-state index is 0.255. The van der Waals surface area contributed by atoms with Crippen molar-refractivity contribution in [3.63, 3.8) is 0 Å². The number of hydrogen-bond acceptors (Lipinski definition) is 3. The predicted octanol–water partition coefficient (Wildman–Crippen LogP) is 5.52. The first kappa shape index (κ1) is 21.2. The topological polar surface area (TPSA) is 49.4 Å². The van der Waals surface area contributed by atoms with Gasteiger partial charge in [-0.2, -0.15) is 0 Å². The highest BCUT2D eigenvalue weighted by molar-refractivity contribution is 8.04. The van der Waals surface area contributed by atoms with Gasteiger partial charge >= 0.3 is 0 Å². The van der Waals surface area contributed by atoms with Crippen molar-refractivity contribution in [1.29, 1.82) is 0 Å². The summed E-state index contributed by atoms with van der Waals surface area (Å²) in [5, 5.41) is 3.44. The summed E-state index contributed by atoms with van der Waals surface area (Å²) in [4.78, 5) is 28.2. The fourth-order valence-corrected chi connectivity index (χ4v) is 4.47. The Hall–Kier alpha value is -3.09. The van der Waals surface area contributed by atoms with Gasteiger partial charge in [-0.3, -0.25) is 9.59 Å². The second kappa shape index (κ2) is 8.96. The zero-order chi connectivity index (χ0) is 22.0. The van der Waals surface area contributed by atoms with Gasteiger partial charge < -0.3 is 10.2 Å². The van der Waals surface area contributed by atoms with Crippen LogP contribution in [0.25, 0.3) is 6.08 Å². The first-order chi connectivity index (χ1) is 14.9. The van der Waals surface area contributed by atoms with Gasteiger partial charge in [0.2, 0.25) is 0 Å². The van der Waals surface area contributed by atoms with Gasteiger partial charge in [-0.15, -0.1) is 0 Å². The lowest BCUT2D eigenvalue weighted by Gasteiger charge is -2.27. The highest BCUT2D eigenvalue weighted by Crippen LogP contribution is 2.42. The van der Waals surface area contributed by atoms with E-state index < -0.39 is 0 Å². The van der Waals surface area contributed by atoms with Crippen LogP contribution in [0.1, 0.15) is 21.5 Å². The molecule has 1 aliphatic rings. The standard InChI is InChI=1S/C24H18ClFN2O2S/c1-28-20-12-16(23(29)27-14-17-7-2-4-8-18(17)25)10-11-21(20)31-22(24(28)30)13-15-6-3-5-9-19(15)26/h2-13H,14H2,1H3,(H,27,29)/b22-13+. The van der Waals surface area contributed by atoms with Crippen LogP contribution in [0.15, 0.2) is 76.5 Å². The molecule has 0 saturated heterocycles. The molecule has 2 amide bonds. The van der Waals surface area contributed by atoms with E-state index in [1.807, 2.05) is 18.2 Å². The van der Waals surface area contributed by atoms with Crippen LogP contribution in [0.5, 0.6) is 0 Å². The maximum Gasteiger partial charge on any atom is 0.264 e. The number of carbonyl (C=O) groups excluding carboxylic acids is 2. The lowest BCUT2D eigenvalue weighted by Crippen LogP contribution is -2.31. The SMILES string of the molecule is CN1C(=O)/C(=C\c2ccccc2F)Sc2ccc(C(=O)NCc3ccccc3Cl)cc21. The molecule has 0 bridgehead atoms. The van der Waals surface area contributed by atoms with Gasteiger partial charge in [0.15, 0.2) is 0 Å². The van der Waals surface area contributed by atoms with Crippen molar-refractivity contribution in [2.24, 2.45) is 0 Å². The highest BCUT2D eigenvalue weighted by Gasteiger charge is 2.27. The van der Waals surface area contributed by atoms with Crippen molar-refractivity contribution in [2.45, 2.75) is 11.4 Å². The van der Waals surface area contributed by atoms with Gasteiger partial charge in [-0.25, -0.2) is 4.39 Å². The molecular formula is C24H18ClFN2O2S. The molecule has 0 radical (unpaired) electrons. The Morgan fingerprint density at radius 2 is 1.87 bits per heavy atom. The number of anilines is 1. The van der Waals surface area contributed by atoms with E-state index in [0.29, 0.717) is 33.3 Å². The predicted molar refractivity (Wildman–Crippen MR) is 123 cm³/mol. The van der Waals surface area contributed by atoms with E-state index in [-0.39, 0.29) is 17.6 Å². The van der Waals surface area contributed by atoms with E-state index >= 15 is 0 Å². The summed E-state index contributed by atoms with van der Waals surface area (Å²) in [6.45, 7) is 0.300. The maximum absolute atomic E-state index is 14.0. The van der Waals surface area contributed by atoms with Gasteiger partial charge in [-0.1, -0.05) is 59.8 Å². The molecule has 0 aliphatic carbocycles. The third-order valence-corrected chi connectivity index (χ3v) is 6.35. The molecule has 1 aliphatic heterocycles. The van der Waals surface area contributed by atoms with Crippen molar-refractivity contribution in [3.8, 4) is 0 Å². The number of likely N-dealkylation sites (N-methyl/N-ethyl adjacent to an activating group) is 1.